The zero-order chi connectivity index (χ0) is 17.8. The van der Waals surface area contributed by atoms with E-state index in [1.165, 1.54) is 31.4 Å². The molecule has 0 spiro atoms. The average Bonchev–Trinajstić information content (AvgIpc) is 2.52. The van der Waals surface area contributed by atoms with E-state index < -0.39 is 16.1 Å². The molecule has 0 aliphatic carbocycles. The van der Waals surface area contributed by atoms with E-state index in [2.05, 4.69) is 0 Å². The Bertz CT molecular complexity index is 584. The molecule has 5 nitrogen and oxygen atoms in total. The molecule has 0 bridgehead atoms. The molecule has 0 saturated heterocycles. The van der Waals surface area contributed by atoms with Crippen molar-refractivity contribution in [3.8, 4) is 0 Å². The molecule has 0 aromatic heterocycles. The molecule has 1 N–H and O–H groups in total. The summed E-state index contributed by atoms with van der Waals surface area (Å²) in [7, 11) is -4.10. The van der Waals surface area contributed by atoms with Crippen LogP contribution in [-0.2, 0) is 21.3 Å². The van der Waals surface area contributed by atoms with E-state index in [1.807, 2.05) is 0 Å². The van der Waals surface area contributed by atoms with Gasteiger partial charge in [-0.05, 0) is 43.4 Å². The Balaban J connectivity index is 0.00000576. The van der Waals surface area contributed by atoms with Gasteiger partial charge < -0.3 is 9.90 Å². The molecular weight excluding hydrogens is 351 g/mol. The molecule has 1 aromatic carbocycles. The van der Waals surface area contributed by atoms with Gasteiger partial charge in [-0.15, -0.1) is 0 Å². The van der Waals surface area contributed by atoms with Crippen molar-refractivity contribution in [1.29, 1.82) is 0 Å². The summed E-state index contributed by atoms with van der Waals surface area (Å²) in [6, 6.07) is 6.36. The summed E-state index contributed by atoms with van der Waals surface area (Å²) in [6.07, 6.45) is 10.8. The molecule has 0 aliphatic rings. The number of carbonyl (C=O) groups is 1. The van der Waals surface area contributed by atoms with Crippen molar-refractivity contribution in [2.75, 3.05) is 0 Å². The van der Waals surface area contributed by atoms with Crippen molar-refractivity contribution in [1.82, 2.24) is 0 Å². The quantitative estimate of drug-likeness (QED) is 0.299. The van der Waals surface area contributed by atoms with Crippen LogP contribution in [0.25, 0.3) is 0 Å². The summed E-state index contributed by atoms with van der Waals surface area (Å²) in [5, 5.41) is 10.2. The Morgan fingerprint density at radius 1 is 0.840 bits per heavy atom. The molecule has 0 aliphatic heterocycles. The van der Waals surface area contributed by atoms with E-state index in [0.717, 1.165) is 50.5 Å². The topological polar surface area (TPSA) is 94.5 Å². The van der Waals surface area contributed by atoms with Gasteiger partial charge in [-0.25, -0.2) is 0 Å². The van der Waals surface area contributed by atoms with Crippen LogP contribution in [0.5, 0.6) is 0 Å². The smallest absolute Gasteiger partial charge is 0.550 e. The summed E-state index contributed by atoms with van der Waals surface area (Å²) in [5.41, 5.74) is 1.08. The van der Waals surface area contributed by atoms with Gasteiger partial charge in [-0.3, -0.25) is 4.55 Å². The minimum Gasteiger partial charge on any atom is -0.550 e. The van der Waals surface area contributed by atoms with Crippen LogP contribution in [0.3, 0.4) is 0 Å². The second kappa shape index (κ2) is 13.8. The van der Waals surface area contributed by atoms with Crippen LogP contribution in [-0.4, -0.2) is 18.9 Å². The molecule has 1 aromatic rings. The van der Waals surface area contributed by atoms with Crippen molar-refractivity contribution in [3.05, 3.63) is 29.8 Å². The summed E-state index contributed by atoms with van der Waals surface area (Å²) >= 11 is 0. The molecular formula is C18H27NaO5S. The van der Waals surface area contributed by atoms with Crippen molar-refractivity contribution in [3.63, 3.8) is 0 Å². The molecule has 0 fully saturated rings. The number of benzene rings is 1. The fraction of sp³-hybridized carbons (Fsp3) is 0.611. The number of rotatable bonds is 13. The summed E-state index contributed by atoms with van der Waals surface area (Å²) < 4.78 is 30.8. The van der Waals surface area contributed by atoms with E-state index in [0.29, 0.717) is 0 Å². The molecule has 0 heterocycles. The van der Waals surface area contributed by atoms with E-state index >= 15 is 0 Å². The van der Waals surface area contributed by atoms with Crippen molar-refractivity contribution in [2.24, 2.45) is 0 Å². The third-order valence-electron chi connectivity index (χ3n) is 4.07. The van der Waals surface area contributed by atoms with E-state index in [4.69, 9.17) is 4.55 Å². The van der Waals surface area contributed by atoms with Crippen LogP contribution in [0, 0.1) is 0 Å². The minimum absolute atomic E-state index is 0. The van der Waals surface area contributed by atoms with Crippen molar-refractivity contribution >= 4 is 16.1 Å². The molecule has 0 amide bonds. The maximum atomic E-state index is 10.9. The zero-order valence-corrected chi connectivity index (χ0v) is 17.9. The molecule has 0 radical (unpaired) electrons. The van der Waals surface area contributed by atoms with E-state index in [1.54, 1.807) is 12.1 Å². The van der Waals surface area contributed by atoms with Gasteiger partial charge >= 0.3 is 29.6 Å². The van der Waals surface area contributed by atoms with E-state index in [9.17, 15) is 18.3 Å². The number of carboxylic acids is 1. The van der Waals surface area contributed by atoms with Gasteiger partial charge in [0.1, 0.15) is 0 Å². The van der Waals surface area contributed by atoms with Crippen LogP contribution in [0.2, 0.25) is 0 Å². The molecule has 0 saturated carbocycles. The Labute approximate surface area is 173 Å². The third-order valence-corrected chi connectivity index (χ3v) is 4.94. The first-order chi connectivity index (χ1) is 11.4. The van der Waals surface area contributed by atoms with Gasteiger partial charge in [0, 0.05) is 5.97 Å². The molecule has 0 unspecified atom stereocenters. The van der Waals surface area contributed by atoms with Gasteiger partial charge in [0.2, 0.25) is 0 Å². The molecule has 136 valence electrons. The molecule has 25 heavy (non-hydrogen) atoms. The van der Waals surface area contributed by atoms with Crippen molar-refractivity contribution < 1.29 is 52.4 Å². The monoisotopic (exact) mass is 378 g/mol. The average molecular weight is 378 g/mol. The predicted molar refractivity (Wildman–Crippen MR) is 91.1 cm³/mol. The number of aliphatic carboxylic acids is 1. The van der Waals surface area contributed by atoms with E-state index in [-0.39, 0.29) is 40.9 Å². The number of hydrogen-bond donors (Lipinski definition) is 1. The third kappa shape index (κ3) is 12.6. The number of carboxylic acid groups (broad SMARTS) is 1. The van der Waals surface area contributed by atoms with Crippen LogP contribution >= 0.6 is 0 Å². The maximum Gasteiger partial charge on any atom is 1.00 e. The largest absolute Gasteiger partial charge is 1.00 e. The maximum absolute atomic E-state index is 10.9. The molecule has 1 rings (SSSR count). The Kier molecular flexibility index (Phi) is 13.5. The molecule has 7 heteroatoms. The van der Waals surface area contributed by atoms with Crippen LogP contribution in [0.4, 0.5) is 0 Å². The zero-order valence-electron chi connectivity index (χ0n) is 15.1. The summed E-state index contributed by atoms with van der Waals surface area (Å²) in [4.78, 5) is 10.2. The number of unbranched alkanes of at least 4 members (excludes halogenated alkanes) is 8. The second-order valence-electron chi connectivity index (χ2n) is 6.17. The number of carbonyl (C=O) groups excluding carboxylic acids is 1. The SMILES string of the molecule is O=C([O-])CCCCCCCCCCCc1ccc(S(=O)(=O)O)cc1.[Na+]. The Morgan fingerprint density at radius 3 is 1.72 bits per heavy atom. The Morgan fingerprint density at radius 2 is 1.28 bits per heavy atom. The second-order valence-corrected chi connectivity index (χ2v) is 7.59. The standard InChI is InChI=1S/C18H28O5S.Na/c19-18(20)11-9-7-5-3-1-2-4-6-8-10-16-12-14-17(15-13-16)24(21,22)23;/h12-15H,1-11H2,(H,19,20)(H,21,22,23);/q;+1/p-1. The van der Waals surface area contributed by atoms with Gasteiger partial charge in [-0.2, -0.15) is 8.42 Å². The summed E-state index contributed by atoms with van der Waals surface area (Å²) in [6.45, 7) is 0. The van der Waals surface area contributed by atoms with Crippen molar-refractivity contribution in [2.45, 2.75) is 75.5 Å². The fourth-order valence-corrected chi connectivity index (χ4v) is 3.14. The van der Waals surface area contributed by atoms with Gasteiger partial charge in [0.25, 0.3) is 10.1 Å². The first-order valence-electron chi connectivity index (χ1n) is 8.66. The molecule has 0 atom stereocenters. The van der Waals surface area contributed by atoms with Crippen LogP contribution in [0.15, 0.2) is 29.2 Å². The number of aryl methyl sites for hydroxylation is 1. The van der Waals surface area contributed by atoms with Gasteiger partial charge in [0.05, 0.1) is 4.90 Å². The first kappa shape index (κ1) is 24.6. The minimum atomic E-state index is -4.10. The normalized spacial score (nSPS) is 11.1. The van der Waals surface area contributed by atoms with Crippen LogP contribution in [0.1, 0.15) is 69.8 Å². The van der Waals surface area contributed by atoms with Gasteiger partial charge in [-0.1, -0.05) is 57.1 Å². The Hall–Kier alpha value is -0.400. The fourth-order valence-electron chi connectivity index (χ4n) is 2.66. The first-order valence-corrected chi connectivity index (χ1v) is 10.1. The van der Waals surface area contributed by atoms with Crippen LogP contribution < -0.4 is 34.7 Å². The predicted octanol–water partition coefficient (Wildman–Crippen LogP) is 0.131. The summed E-state index contributed by atoms with van der Waals surface area (Å²) in [5.74, 6) is -0.956. The van der Waals surface area contributed by atoms with Gasteiger partial charge in [0.15, 0.2) is 0 Å². The number of hydrogen-bond acceptors (Lipinski definition) is 4.